The number of aromatic amines is 1. The van der Waals surface area contributed by atoms with E-state index >= 15 is 0 Å². The molecule has 0 unspecified atom stereocenters. The van der Waals surface area contributed by atoms with Crippen molar-refractivity contribution in [1.82, 2.24) is 24.3 Å². The number of benzene rings is 1. The van der Waals surface area contributed by atoms with Crippen LogP contribution in [-0.2, 0) is 13.1 Å². The van der Waals surface area contributed by atoms with Crippen molar-refractivity contribution in [1.29, 1.82) is 0 Å². The van der Waals surface area contributed by atoms with E-state index in [1.54, 1.807) is 23.1 Å². The monoisotopic (exact) mass is 311 g/mol. The standard InChI is InChI=1S/C16H14FN5O/c1-10-16-13(7-15(17)20-10)12-3-2-11(23)6-14(12)22(16)5-4-21-9-18-8-19-21/h2-3,6-9,20H,4-5H2,1H3. The zero-order valence-corrected chi connectivity index (χ0v) is 12.5. The molecule has 0 aliphatic rings. The molecule has 0 atom stereocenters. The number of fused-ring (bicyclic) bond motifs is 3. The number of rotatable bonds is 3. The molecule has 116 valence electrons. The molecule has 0 amide bonds. The molecule has 1 aromatic carbocycles. The lowest BCUT2D eigenvalue weighted by molar-refractivity contribution is 0.547. The van der Waals surface area contributed by atoms with Crippen molar-refractivity contribution in [2.45, 2.75) is 20.0 Å². The zero-order valence-electron chi connectivity index (χ0n) is 12.5. The Hall–Kier alpha value is -2.96. The molecule has 3 aromatic heterocycles. The number of nitrogens with one attached hydrogen (secondary N) is 1. The van der Waals surface area contributed by atoms with E-state index in [0.29, 0.717) is 13.1 Å². The Balaban J connectivity index is 1.98. The minimum absolute atomic E-state index is 0.0654. The van der Waals surface area contributed by atoms with Gasteiger partial charge < -0.3 is 9.55 Å². The highest BCUT2D eigenvalue weighted by Crippen LogP contribution is 2.30. The molecular formula is C16H14FN5O. The van der Waals surface area contributed by atoms with Gasteiger partial charge in [0.25, 0.3) is 0 Å². The number of halogens is 1. The number of nitrogens with zero attached hydrogens (tertiary/aromatic N) is 4. The third-order valence-electron chi connectivity index (χ3n) is 4.03. The second-order valence-corrected chi connectivity index (χ2v) is 5.49. The molecule has 1 N–H and O–H groups in total. The highest BCUT2D eigenvalue weighted by Gasteiger charge is 2.14. The van der Waals surface area contributed by atoms with Gasteiger partial charge in [0.15, 0.2) is 11.4 Å². The summed E-state index contributed by atoms with van der Waals surface area (Å²) in [6.45, 7) is 3.04. The van der Waals surface area contributed by atoms with Gasteiger partial charge in [-0.3, -0.25) is 9.48 Å². The molecule has 0 aliphatic carbocycles. The molecule has 0 aliphatic heterocycles. The topological polar surface area (TPSA) is 68.5 Å². The van der Waals surface area contributed by atoms with Crippen molar-refractivity contribution in [2.24, 2.45) is 0 Å². The van der Waals surface area contributed by atoms with Crippen LogP contribution in [0.5, 0.6) is 0 Å². The Labute approximate surface area is 130 Å². The van der Waals surface area contributed by atoms with Crippen LogP contribution in [0.1, 0.15) is 5.69 Å². The smallest absolute Gasteiger partial charge is 0.191 e. The molecular weight excluding hydrogens is 297 g/mol. The fraction of sp³-hybridized carbons (Fsp3) is 0.188. The predicted molar refractivity (Wildman–Crippen MR) is 84.8 cm³/mol. The number of H-pyrrole nitrogens is 1. The Kier molecular flexibility index (Phi) is 3.00. The first-order valence-corrected chi connectivity index (χ1v) is 7.27. The maximum atomic E-state index is 13.8. The van der Waals surface area contributed by atoms with Gasteiger partial charge in [0.05, 0.1) is 17.6 Å². The van der Waals surface area contributed by atoms with Crippen LogP contribution in [-0.4, -0.2) is 24.3 Å². The average Bonchev–Trinajstić information content (AvgIpc) is 3.11. The van der Waals surface area contributed by atoms with Crippen molar-refractivity contribution in [3.8, 4) is 0 Å². The number of pyridine rings is 1. The van der Waals surface area contributed by atoms with Gasteiger partial charge in [-0.2, -0.15) is 9.49 Å². The fourth-order valence-corrected chi connectivity index (χ4v) is 3.09. The highest BCUT2D eigenvalue weighted by molar-refractivity contribution is 6.08. The highest BCUT2D eigenvalue weighted by atomic mass is 19.1. The van der Waals surface area contributed by atoms with E-state index in [4.69, 9.17) is 0 Å². The summed E-state index contributed by atoms with van der Waals surface area (Å²) in [7, 11) is 0. The number of aromatic nitrogens is 5. The molecule has 0 saturated heterocycles. The fourth-order valence-electron chi connectivity index (χ4n) is 3.09. The van der Waals surface area contributed by atoms with Crippen LogP contribution in [0, 0.1) is 12.9 Å². The van der Waals surface area contributed by atoms with Gasteiger partial charge in [0.2, 0.25) is 0 Å². The second kappa shape index (κ2) is 5.05. The lowest BCUT2D eigenvalue weighted by Gasteiger charge is -2.09. The van der Waals surface area contributed by atoms with E-state index in [-0.39, 0.29) is 5.43 Å². The maximum absolute atomic E-state index is 13.8. The zero-order chi connectivity index (χ0) is 16.0. The number of hydrogen-bond acceptors (Lipinski definition) is 3. The minimum Gasteiger partial charge on any atom is -0.337 e. The van der Waals surface area contributed by atoms with Gasteiger partial charge in [0.1, 0.15) is 12.7 Å². The Bertz CT molecular complexity index is 1060. The Morgan fingerprint density at radius 1 is 1.22 bits per heavy atom. The SMILES string of the molecule is Cc1[nH]c(F)cc2c3ccc(=O)cc3n(CCn3cncn3)c12. The molecule has 23 heavy (non-hydrogen) atoms. The van der Waals surface area contributed by atoms with Gasteiger partial charge in [0, 0.05) is 35.1 Å². The predicted octanol–water partition coefficient (Wildman–Crippen LogP) is 2.22. The van der Waals surface area contributed by atoms with Crippen LogP contribution < -0.4 is 5.43 Å². The summed E-state index contributed by atoms with van der Waals surface area (Å²) in [6, 6.07) is 6.33. The van der Waals surface area contributed by atoms with E-state index in [9.17, 15) is 9.18 Å². The molecule has 6 nitrogen and oxygen atoms in total. The average molecular weight is 311 g/mol. The van der Waals surface area contributed by atoms with Crippen molar-refractivity contribution in [3.63, 3.8) is 0 Å². The lowest BCUT2D eigenvalue weighted by atomic mass is 10.1. The Morgan fingerprint density at radius 2 is 2.09 bits per heavy atom. The first-order chi connectivity index (χ1) is 11.1. The number of aryl methyl sites for hydroxylation is 3. The molecule has 4 rings (SSSR count). The molecule has 3 heterocycles. The third-order valence-corrected chi connectivity index (χ3v) is 4.03. The van der Waals surface area contributed by atoms with E-state index < -0.39 is 5.95 Å². The van der Waals surface area contributed by atoms with E-state index in [1.165, 1.54) is 18.5 Å². The van der Waals surface area contributed by atoms with Gasteiger partial charge in [-0.15, -0.1) is 0 Å². The first kappa shape index (κ1) is 13.7. The minimum atomic E-state index is -0.392. The van der Waals surface area contributed by atoms with E-state index in [0.717, 1.165) is 27.5 Å². The normalized spacial score (nSPS) is 11.6. The van der Waals surface area contributed by atoms with Crippen LogP contribution >= 0.6 is 0 Å². The Morgan fingerprint density at radius 3 is 2.87 bits per heavy atom. The quantitative estimate of drug-likeness (QED) is 0.590. The molecule has 0 spiro atoms. The molecule has 4 aromatic rings. The summed E-state index contributed by atoms with van der Waals surface area (Å²) in [5, 5.41) is 5.76. The summed E-state index contributed by atoms with van der Waals surface area (Å²) < 4.78 is 17.5. The molecule has 0 bridgehead atoms. The summed E-state index contributed by atoms with van der Waals surface area (Å²) in [5.41, 5.74) is 2.36. The van der Waals surface area contributed by atoms with Crippen molar-refractivity contribution >= 4 is 21.8 Å². The van der Waals surface area contributed by atoms with E-state index in [1.807, 2.05) is 11.5 Å². The van der Waals surface area contributed by atoms with E-state index in [2.05, 4.69) is 15.1 Å². The van der Waals surface area contributed by atoms with Gasteiger partial charge >= 0.3 is 0 Å². The summed E-state index contributed by atoms with van der Waals surface area (Å²) in [4.78, 5) is 18.4. The summed E-state index contributed by atoms with van der Waals surface area (Å²) >= 11 is 0. The van der Waals surface area contributed by atoms with Gasteiger partial charge in [-0.05, 0) is 19.1 Å². The van der Waals surface area contributed by atoms with Gasteiger partial charge in [-0.1, -0.05) is 0 Å². The molecule has 7 heteroatoms. The van der Waals surface area contributed by atoms with Crippen molar-refractivity contribution < 1.29 is 4.39 Å². The maximum Gasteiger partial charge on any atom is 0.191 e. The molecule has 0 radical (unpaired) electrons. The summed E-state index contributed by atoms with van der Waals surface area (Å²) in [6.07, 6.45) is 3.13. The largest absolute Gasteiger partial charge is 0.337 e. The van der Waals surface area contributed by atoms with Crippen LogP contribution in [0.2, 0.25) is 0 Å². The lowest BCUT2D eigenvalue weighted by Crippen LogP contribution is -2.09. The van der Waals surface area contributed by atoms with Crippen LogP contribution in [0.3, 0.4) is 0 Å². The van der Waals surface area contributed by atoms with Crippen LogP contribution in [0.25, 0.3) is 21.8 Å². The van der Waals surface area contributed by atoms with Crippen LogP contribution in [0.4, 0.5) is 4.39 Å². The van der Waals surface area contributed by atoms with Crippen molar-refractivity contribution in [3.05, 3.63) is 58.8 Å². The third kappa shape index (κ3) is 2.21. The second-order valence-electron chi connectivity index (χ2n) is 5.49. The van der Waals surface area contributed by atoms with Gasteiger partial charge in [-0.25, -0.2) is 4.98 Å². The first-order valence-electron chi connectivity index (χ1n) is 7.27. The molecule has 0 fully saturated rings. The molecule has 0 saturated carbocycles. The van der Waals surface area contributed by atoms with Crippen LogP contribution in [0.15, 0.2) is 41.7 Å². The van der Waals surface area contributed by atoms with Crippen molar-refractivity contribution in [2.75, 3.05) is 0 Å². The summed E-state index contributed by atoms with van der Waals surface area (Å²) in [5.74, 6) is -0.392. The number of hydrogen-bond donors (Lipinski definition) is 1.